The molecule has 0 radical (unpaired) electrons. The summed E-state index contributed by atoms with van der Waals surface area (Å²) in [5.41, 5.74) is -0.111. The summed E-state index contributed by atoms with van der Waals surface area (Å²) in [5.74, 6) is -2.66. The van der Waals surface area contributed by atoms with Crippen molar-refractivity contribution in [1.82, 2.24) is 10.2 Å². The van der Waals surface area contributed by atoms with E-state index in [0.29, 0.717) is 6.42 Å². The van der Waals surface area contributed by atoms with Crippen LogP contribution in [-0.2, 0) is 0 Å². The van der Waals surface area contributed by atoms with Crippen LogP contribution in [0.3, 0.4) is 0 Å². The Bertz CT molecular complexity index is 455. The van der Waals surface area contributed by atoms with Crippen molar-refractivity contribution in [2.75, 3.05) is 26.2 Å². The topological polar surface area (TPSA) is 15.3 Å². The van der Waals surface area contributed by atoms with Gasteiger partial charge in [-0.05, 0) is 18.6 Å². The first-order valence-electron chi connectivity index (χ1n) is 7.23. The molecule has 1 aromatic rings. The Kier molecular flexibility index (Phi) is 10.1. The Hall–Kier alpha value is -0.490. The Morgan fingerprint density at radius 1 is 1.09 bits per heavy atom. The fraction of sp³-hybridized carbons (Fsp3) is 0.600. The molecule has 128 valence electrons. The summed E-state index contributed by atoms with van der Waals surface area (Å²) in [6, 6.07) is 1.49. The van der Waals surface area contributed by atoms with E-state index in [1.807, 2.05) is 11.8 Å². The summed E-state index contributed by atoms with van der Waals surface area (Å²) in [6.45, 7) is 5.07. The van der Waals surface area contributed by atoms with Crippen molar-refractivity contribution in [2.24, 2.45) is 0 Å². The minimum Gasteiger partial charge on any atom is -0.314 e. The van der Waals surface area contributed by atoms with Crippen molar-refractivity contribution in [2.45, 2.75) is 32.2 Å². The van der Waals surface area contributed by atoms with E-state index in [1.165, 1.54) is 0 Å². The summed E-state index contributed by atoms with van der Waals surface area (Å²) in [6.07, 6.45) is 2.46. The maximum absolute atomic E-state index is 14.0. The zero-order chi connectivity index (χ0) is 14.5. The zero-order valence-electron chi connectivity index (χ0n) is 12.6. The molecule has 0 saturated carbocycles. The third-order valence-corrected chi connectivity index (χ3v) is 3.84. The van der Waals surface area contributed by atoms with E-state index >= 15 is 0 Å². The molecule has 1 saturated heterocycles. The van der Waals surface area contributed by atoms with Crippen molar-refractivity contribution in [3.05, 3.63) is 35.1 Å². The molecule has 2 nitrogen and oxygen atoms in total. The van der Waals surface area contributed by atoms with Gasteiger partial charge < -0.3 is 5.32 Å². The van der Waals surface area contributed by atoms with Gasteiger partial charge in [0.2, 0.25) is 0 Å². The molecule has 0 unspecified atom stereocenters. The Labute approximate surface area is 142 Å². The highest BCUT2D eigenvalue weighted by molar-refractivity contribution is 5.85. The molecule has 1 aliphatic heterocycles. The molecule has 1 aromatic carbocycles. The number of benzene rings is 1. The van der Waals surface area contributed by atoms with Crippen LogP contribution in [0.4, 0.5) is 13.2 Å². The van der Waals surface area contributed by atoms with Gasteiger partial charge in [0.05, 0.1) is 0 Å². The molecule has 2 rings (SSSR count). The second-order valence-electron chi connectivity index (χ2n) is 5.20. The molecule has 1 atom stereocenters. The second-order valence-corrected chi connectivity index (χ2v) is 5.20. The number of nitrogens with one attached hydrogen (secondary N) is 1. The third-order valence-electron chi connectivity index (χ3n) is 3.84. The molecular formula is C15H23Cl2F3N2. The molecular weight excluding hydrogens is 336 g/mol. The van der Waals surface area contributed by atoms with E-state index in [1.54, 1.807) is 0 Å². The van der Waals surface area contributed by atoms with Crippen LogP contribution in [0.5, 0.6) is 0 Å². The van der Waals surface area contributed by atoms with Crippen molar-refractivity contribution < 1.29 is 13.2 Å². The number of nitrogens with zero attached hydrogens (tertiary/aromatic N) is 1. The maximum Gasteiger partial charge on any atom is 0.166 e. The molecule has 1 heterocycles. The van der Waals surface area contributed by atoms with Crippen LogP contribution in [0, 0.1) is 17.5 Å². The quantitative estimate of drug-likeness (QED) is 0.797. The molecule has 1 aliphatic rings. The molecule has 7 heteroatoms. The van der Waals surface area contributed by atoms with Gasteiger partial charge in [-0.25, -0.2) is 13.2 Å². The SMILES string of the molecule is CCCC[C@@H](c1c(F)ccc(F)c1F)N1CCNCC1.Cl.Cl. The van der Waals surface area contributed by atoms with Crippen LogP contribution in [0.1, 0.15) is 37.8 Å². The summed E-state index contributed by atoms with van der Waals surface area (Å²) >= 11 is 0. The highest BCUT2D eigenvalue weighted by Crippen LogP contribution is 2.31. The van der Waals surface area contributed by atoms with Gasteiger partial charge in [0.1, 0.15) is 5.82 Å². The van der Waals surface area contributed by atoms with E-state index < -0.39 is 17.5 Å². The van der Waals surface area contributed by atoms with E-state index in [-0.39, 0.29) is 36.4 Å². The Morgan fingerprint density at radius 3 is 2.27 bits per heavy atom. The van der Waals surface area contributed by atoms with Crippen molar-refractivity contribution in [3.8, 4) is 0 Å². The number of rotatable bonds is 5. The molecule has 0 bridgehead atoms. The standard InChI is InChI=1S/C15H21F3N2.2ClH/c1-2-3-4-13(20-9-7-19-8-10-20)14-11(16)5-6-12(17)15(14)18;;/h5-6,13,19H,2-4,7-10H2,1H3;2*1H/t13-;;/m0../s1. The largest absolute Gasteiger partial charge is 0.314 e. The molecule has 0 aromatic heterocycles. The first kappa shape index (κ1) is 21.5. The predicted molar refractivity (Wildman–Crippen MR) is 87.5 cm³/mol. The maximum atomic E-state index is 14.0. The monoisotopic (exact) mass is 358 g/mol. The number of piperazine rings is 1. The molecule has 0 aliphatic carbocycles. The first-order chi connectivity index (χ1) is 9.65. The number of unbranched alkanes of at least 4 members (excludes halogenated alkanes) is 1. The normalized spacial score (nSPS) is 16.5. The van der Waals surface area contributed by atoms with Gasteiger partial charge in [-0.1, -0.05) is 19.8 Å². The van der Waals surface area contributed by atoms with Crippen LogP contribution in [0.25, 0.3) is 0 Å². The van der Waals surface area contributed by atoms with Gasteiger partial charge >= 0.3 is 0 Å². The Balaban J connectivity index is 0.00000220. The number of hydrogen-bond donors (Lipinski definition) is 1. The lowest BCUT2D eigenvalue weighted by Crippen LogP contribution is -2.45. The molecule has 22 heavy (non-hydrogen) atoms. The van der Waals surface area contributed by atoms with Gasteiger partial charge in [-0.3, -0.25) is 4.90 Å². The number of halogens is 5. The van der Waals surface area contributed by atoms with Crippen LogP contribution in [0.2, 0.25) is 0 Å². The van der Waals surface area contributed by atoms with Crippen molar-refractivity contribution >= 4 is 24.8 Å². The van der Waals surface area contributed by atoms with Gasteiger partial charge in [0.25, 0.3) is 0 Å². The van der Waals surface area contributed by atoms with Crippen LogP contribution in [0.15, 0.2) is 12.1 Å². The highest BCUT2D eigenvalue weighted by Gasteiger charge is 2.28. The van der Waals surface area contributed by atoms with E-state index in [2.05, 4.69) is 5.32 Å². The minimum absolute atomic E-state index is 0. The van der Waals surface area contributed by atoms with Gasteiger partial charge in [0, 0.05) is 37.8 Å². The molecule has 0 spiro atoms. The highest BCUT2D eigenvalue weighted by atomic mass is 35.5. The average Bonchev–Trinajstić information content (AvgIpc) is 2.47. The smallest absolute Gasteiger partial charge is 0.166 e. The van der Waals surface area contributed by atoms with Gasteiger partial charge in [-0.15, -0.1) is 24.8 Å². The summed E-state index contributed by atoms with van der Waals surface area (Å²) in [5, 5.41) is 3.21. The number of hydrogen-bond acceptors (Lipinski definition) is 2. The molecule has 0 amide bonds. The lowest BCUT2D eigenvalue weighted by Gasteiger charge is -2.35. The lowest BCUT2D eigenvalue weighted by atomic mass is 9.97. The van der Waals surface area contributed by atoms with Crippen LogP contribution >= 0.6 is 24.8 Å². The summed E-state index contributed by atoms with van der Waals surface area (Å²) < 4.78 is 41.5. The molecule has 1 N–H and O–H groups in total. The second kappa shape index (κ2) is 10.3. The predicted octanol–water partition coefficient (Wildman–Crippen LogP) is 4.08. The van der Waals surface area contributed by atoms with E-state index in [4.69, 9.17) is 0 Å². The zero-order valence-corrected chi connectivity index (χ0v) is 14.2. The lowest BCUT2D eigenvalue weighted by molar-refractivity contribution is 0.155. The summed E-state index contributed by atoms with van der Waals surface area (Å²) in [7, 11) is 0. The van der Waals surface area contributed by atoms with Gasteiger partial charge in [-0.2, -0.15) is 0 Å². The van der Waals surface area contributed by atoms with Crippen molar-refractivity contribution in [3.63, 3.8) is 0 Å². The third kappa shape index (κ3) is 5.01. The fourth-order valence-corrected chi connectivity index (χ4v) is 2.75. The average molecular weight is 359 g/mol. The summed E-state index contributed by atoms with van der Waals surface area (Å²) in [4.78, 5) is 2.05. The van der Waals surface area contributed by atoms with Crippen LogP contribution < -0.4 is 5.32 Å². The van der Waals surface area contributed by atoms with Crippen molar-refractivity contribution in [1.29, 1.82) is 0 Å². The fourth-order valence-electron chi connectivity index (χ4n) is 2.75. The van der Waals surface area contributed by atoms with E-state index in [0.717, 1.165) is 51.2 Å². The first-order valence-corrected chi connectivity index (χ1v) is 7.23. The van der Waals surface area contributed by atoms with E-state index in [9.17, 15) is 13.2 Å². The Morgan fingerprint density at radius 2 is 1.68 bits per heavy atom. The molecule has 1 fully saturated rings. The minimum atomic E-state index is -1.04. The van der Waals surface area contributed by atoms with Crippen LogP contribution in [-0.4, -0.2) is 31.1 Å². The van der Waals surface area contributed by atoms with Gasteiger partial charge in [0.15, 0.2) is 11.6 Å².